The monoisotopic (exact) mass is 305 g/mol. The second-order valence-corrected chi connectivity index (χ2v) is 7.04. The fraction of sp³-hybridized carbons (Fsp3) is 0.588. The summed E-state index contributed by atoms with van der Waals surface area (Å²) in [6.45, 7) is 0.634. The lowest BCUT2D eigenvalue weighted by Gasteiger charge is -2.40. The molecule has 3 aliphatic heterocycles. The zero-order valence-electron chi connectivity index (χ0n) is 12.0. The van der Waals surface area contributed by atoms with Crippen LogP contribution >= 0.6 is 11.6 Å². The number of alkyl halides is 1. The number of ether oxygens (including phenoxy) is 1. The van der Waals surface area contributed by atoms with Crippen LogP contribution in [0.25, 0.3) is 0 Å². The Balaban J connectivity index is 1.62. The van der Waals surface area contributed by atoms with Gasteiger partial charge in [-0.3, -0.25) is 4.79 Å². The van der Waals surface area contributed by atoms with Crippen LogP contribution in [0.15, 0.2) is 24.3 Å². The van der Waals surface area contributed by atoms with Crippen LogP contribution in [-0.4, -0.2) is 34.9 Å². The lowest BCUT2D eigenvalue weighted by molar-refractivity contribution is -0.137. The molecule has 3 unspecified atom stereocenters. The van der Waals surface area contributed by atoms with Crippen LogP contribution in [0.5, 0.6) is 5.75 Å². The number of amides is 1. The molecule has 0 aromatic heterocycles. The van der Waals surface area contributed by atoms with Gasteiger partial charge in [0, 0.05) is 23.0 Å². The maximum atomic E-state index is 13.1. The fourth-order valence-corrected chi connectivity index (χ4v) is 4.66. The summed E-state index contributed by atoms with van der Waals surface area (Å²) in [5.74, 6) is 1.13. The highest BCUT2D eigenvalue weighted by atomic mass is 35.5. The number of benzene rings is 1. The first-order chi connectivity index (χ1) is 10.2. The highest BCUT2D eigenvalue weighted by Crippen LogP contribution is 2.42. The molecule has 1 aromatic carbocycles. The summed E-state index contributed by atoms with van der Waals surface area (Å²) < 4.78 is 5.69. The predicted octanol–water partition coefficient (Wildman–Crippen LogP) is 3.31. The molecule has 0 spiro atoms. The second kappa shape index (κ2) is 5.20. The van der Waals surface area contributed by atoms with Gasteiger partial charge in [0.15, 0.2) is 0 Å². The van der Waals surface area contributed by atoms with Crippen molar-refractivity contribution in [2.24, 2.45) is 0 Å². The molecule has 4 rings (SSSR count). The summed E-state index contributed by atoms with van der Waals surface area (Å²) in [4.78, 5) is 15.3. The van der Waals surface area contributed by atoms with Crippen molar-refractivity contribution in [3.63, 3.8) is 0 Å². The summed E-state index contributed by atoms with van der Waals surface area (Å²) in [5, 5.41) is 0.244. The van der Waals surface area contributed by atoms with Crippen LogP contribution in [0, 0.1) is 0 Å². The first-order valence-electron chi connectivity index (χ1n) is 7.92. The van der Waals surface area contributed by atoms with Crippen LogP contribution in [-0.2, 0) is 4.79 Å². The molecule has 112 valence electrons. The van der Waals surface area contributed by atoms with E-state index in [1.54, 1.807) is 0 Å². The molecule has 0 saturated carbocycles. The van der Waals surface area contributed by atoms with Crippen molar-refractivity contribution in [1.29, 1.82) is 0 Å². The van der Waals surface area contributed by atoms with E-state index in [2.05, 4.69) is 4.90 Å². The molecule has 2 saturated heterocycles. The summed E-state index contributed by atoms with van der Waals surface area (Å²) >= 11 is 6.33. The van der Waals surface area contributed by atoms with Gasteiger partial charge in [-0.2, -0.15) is 0 Å². The Kier molecular flexibility index (Phi) is 3.33. The zero-order valence-corrected chi connectivity index (χ0v) is 12.8. The van der Waals surface area contributed by atoms with Crippen LogP contribution in [0.1, 0.15) is 43.6 Å². The molecule has 3 heterocycles. The Morgan fingerprint density at radius 1 is 1.14 bits per heavy atom. The summed E-state index contributed by atoms with van der Waals surface area (Å²) in [6, 6.07) is 8.67. The lowest BCUT2D eigenvalue weighted by Crippen LogP contribution is -2.49. The van der Waals surface area contributed by atoms with Crippen molar-refractivity contribution in [1.82, 2.24) is 4.90 Å². The molecule has 3 atom stereocenters. The summed E-state index contributed by atoms with van der Waals surface area (Å²) in [5.41, 5.74) is 1.06. The molecule has 0 radical (unpaired) electrons. The van der Waals surface area contributed by atoms with E-state index < -0.39 is 0 Å². The summed E-state index contributed by atoms with van der Waals surface area (Å²) in [7, 11) is 0. The van der Waals surface area contributed by atoms with Crippen LogP contribution in [0.2, 0.25) is 0 Å². The van der Waals surface area contributed by atoms with E-state index in [1.807, 2.05) is 24.3 Å². The summed E-state index contributed by atoms with van der Waals surface area (Å²) in [6.07, 6.45) is 4.93. The van der Waals surface area contributed by atoms with Gasteiger partial charge in [-0.25, -0.2) is 0 Å². The minimum Gasteiger partial charge on any atom is -0.493 e. The van der Waals surface area contributed by atoms with Crippen molar-refractivity contribution >= 4 is 17.5 Å². The molecule has 3 aliphatic rings. The van der Waals surface area contributed by atoms with Crippen molar-refractivity contribution in [3.8, 4) is 5.75 Å². The number of nitrogens with zero attached hydrogens (tertiary/aromatic N) is 1. The van der Waals surface area contributed by atoms with E-state index in [-0.39, 0.29) is 11.3 Å². The first-order valence-corrected chi connectivity index (χ1v) is 8.35. The highest BCUT2D eigenvalue weighted by molar-refractivity contribution is 6.20. The molecular weight excluding hydrogens is 286 g/mol. The van der Waals surface area contributed by atoms with Crippen LogP contribution in [0.4, 0.5) is 0 Å². The van der Waals surface area contributed by atoms with Crippen LogP contribution in [0.3, 0.4) is 0 Å². The largest absolute Gasteiger partial charge is 0.493 e. The zero-order chi connectivity index (χ0) is 14.4. The molecule has 1 amide bonds. The third-order valence-corrected chi connectivity index (χ3v) is 5.54. The number of carbonyl (C=O) groups is 1. The smallest absolute Gasteiger partial charge is 0.230 e. The van der Waals surface area contributed by atoms with Gasteiger partial charge in [0.25, 0.3) is 0 Å². The Labute approximate surface area is 130 Å². The Bertz CT molecular complexity index is 547. The number of rotatable bonds is 1. The van der Waals surface area contributed by atoms with Crippen molar-refractivity contribution in [3.05, 3.63) is 29.8 Å². The van der Waals surface area contributed by atoms with E-state index in [1.165, 1.54) is 0 Å². The van der Waals surface area contributed by atoms with Crippen molar-refractivity contribution in [2.75, 3.05) is 6.61 Å². The van der Waals surface area contributed by atoms with Crippen molar-refractivity contribution in [2.45, 2.75) is 55.5 Å². The van der Waals surface area contributed by atoms with Gasteiger partial charge in [-0.1, -0.05) is 18.2 Å². The van der Waals surface area contributed by atoms with Gasteiger partial charge in [0.2, 0.25) is 5.91 Å². The number of fused-ring (bicyclic) bond motifs is 3. The molecule has 2 bridgehead atoms. The Morgan fingerprint density at radius 2 is 1.86 bits per heavy atom. The van der Waals surface area contributed by atoms with E-state index in [0.29, 0.717) is 24.6 Å². The molecule has 4 heteroatoms. The van der Waals surface area contributed by atoms with E-state index in [4.69, 9.17) is 16.3 Å². The number of halogens is 1. The third kappa shape index (κ3) is 2.22. The number of piperidine rings is 1. The number of para-hydroxylation sites is 1. The highest BCUT2D eigenvalue weighted by Gasteiger charge is 2.45. The predicted molar refractivity (Wildman–Crippen MR) is 81.8 cm³/mol. The standard InChI is InChI=1S/C17H20ClNO2/c18-11-9-12-5-6-13(10-11)19(12)17(20)15-7-8-21-16-4-2-1-3-14(15)16/h1-4,11-13,15H,5-10H2. The number of hydrogen-bond donors (Lipinski definition) is 0. The lowest BCUT2D eigenvalue weighted by atomic mass is 9.90. The van der Waals surface area contributed by atoms with E-state index in [0.717, 1.165) is 43.4 Å². The SMILES string of the molecule is O=C(C1CCOc2ccccc21)N1C2CCC1CC(Cl)C2. The number of carbonyl (C=O) groups excluding carboxylic acids is 1. The van der Waals surface area contributed by atoms with Gasteiger partial charge in [-0.15, -0.1) is 11.6 Å². The molecule has 3 nitrogen and oxygen atoms in total. The maximum absolute atomic E-state index is 13.1. The first kappa shape index (κ1) is 13.4. The second-order valence-electron chi connectivity index (χ2n) is 6.43. The minimum absolute atomic E-state index is 0.0371. The average molecular weight is 306 g/mol. The Hall–Kier alpha value is -1.22. The van der Waals surface area contributed by atoms with Crippen LogP contribution < -0.4 is 4.74 Å². The molecule has 21 heavy (non-hydrogen) atoms. The molecule has 2 fully saturated rings. The normalized spacial score (nSPS) is 34.2. The van der Waals surface area contributed by atoms with Crippen molar-refractivity contribution < 1.29 is 9.53 Å². The third-order valence-electron chi connectivity index (χ3n) is 5.19. The van der Waals surface area contributed by atoms with E-state index >= 15 is 0 Å². The van der Waals surface area contributed by atoms with Gasteiger partial charge in [0.1, 0.15) is 5.75 Å². The topological polar surface area (TPSA) is 29.5 Å². The molecule has 0 N–H and O–H groups in total. The van der Waals surface area contributed by atoms with Gasteiger partial charge in [0.05, 0.1) is 12.5 Å². The molecule has 0 aliphatic carbocycles. The van der Waals surface area contributed by atoms with Gasteiger partial charge in [-0.05, 0) is 38.2 Å². The maximum Gasteiger partial charge on any atom is 0.230 e. The number of hydrogen-bond acceptors (Lipinski definition) is 2. The molecule has 1 aromatic rings. The van der Waals surface area contributed by atoms with Gasteiger partial charge < -0.3 is 9.64 Å². The fourth-order valence-electron chi connectivity index (χ4n) is 4.25. The average Bonchev–Trinajstić information content (AvgIpc) is 2.78. The minimum atomic E-state index is -0.0371. The van der Waals surface area contributed by atoms with E-state index in [9.17, 15) is 4.79 Å². The quantitative estimate of drug-likeness (QED) is 0.745. The molecular formula is C17H20ClNO2. The van der Waals surface area contributed by atoms with Gasteiger partial charge >= 0.3 is 0 Å². The Morgan fingerprint density at radius 3 is 2.62 bits per heavy atom.